The van der Waals surface area contributed by atoms with Gasteiger partial charge in [-0.15, -0.1) is 0 Å². The Morgan fingerprint density at radius 3 is 2.19 bits per heavy atom. The maximum absolute atomic E-state index is 12.5. The van der Waals surface area contributed by atoms with Crippen LogP contribution in [0.4, 0.5) is 5.69 Å². The van der Waals surface area contributed by atoms with Crippen LogP contribution in [0, 0.1) is 10.1 Å². The molecule has 1 amide bonds. The zero-order valence-electron chi connectivity index (χ0n) is 14.5. The van der Waals surface area contributed by atoms with Gasteiger partial charge in [-0.25, -0.2) is 8.42 Å². The van der Waals surface area contributed by atoms with Gasteiger partial charge in [-0.1, -0.05) is 37.3 Å². The molecule has 0 unspecified atom stereocenters. The molecule has 0 radical (unpaired) electrons. The third kappa shape index (κ3) is 4.45. The molecule has 138 valence electrons. The number of benzene rings is 2. The van der Waals surface area contributed by atoms with Crippen LogP contribution in [0.25, 0.3) is 0 Å². The third-order valence-electron chi connectivity index (χ3n) is 4.16. The molecule has 0 fully saturated rings. The molecule has 2 atom stereocenters. The largest absolute Gasteiger partial charge is 0.354 e. The molecule has 0 bridgehead atoms. The molecule has 0 aliphatic carbocycles. The zero-order valence-corrected chi connectivity index (χ0v) is 15.3. The van der Waals surface area contributed by atoms with Gasteiger partial charge in [0.2, 0.25) is 5.91 Å². The summed E-state index contributed by atoms with van der Waals surface area (Å²) in [6, 6.07) is 14.1. The minimum Gasteiger partial charge on any atom is -0.354 e. The first-order valence-electron chi connectivity index (χ1n) is 8.04. The first-order chi connectivity index (χ1) is 12.2. The van der Waals surface area contributed by atoms with Crippen molar-refractivity contribution in [3.8, 4) is 0 Å². The second-order valence-electron chi connectivity index (χ2n) is 6.00. The number of hydrogen-bond acceptors (Lipinski definition) is 5. The van der Waals surface area contributed by atoms with Crippen molar-refractivity contribution in [2.24, 2.45) is 0 Å². The molecule has 2 aromatic rings. The summed E-state index contributed by atoms with van der Waals surface area (Å²) < 4.78 is 25.1. The van der Waals surface area contributed by atoms with Crippen LogP contribution in [0.3, 0.4) is 0 Å². The predicted octanol–water partition coefficient (Wildman–Crippen LogP) is 2.68. The van der Waals surface area contributed by atoms with Crippen molar-refractivity contribution in [2.45, 2.75) is 29.9 Å². The highest BCUT2D eigenvalue weighted by Crippen LogP contribution is 2.20. The second-order valence-corrected chi connectivity index (χ2v) is 8.26. The van der Waals surface area contributed by atoms with Crippen molar-refractivity contribution < 1.29 is 18.1 Å². The van der Waals surface area contributed by atoms with Gasteiger partial charge in [0, 0.05) is 18.7 Å². The van der Waals surface area contributed by atoms with E-state index in [1.807, 2.05) is 37.3 Å². The van der Waals surface area contributed by atoms with E-state index in [9.17, 15) is 23.3 Å². The van der Waals surface area contributed by atoms with Crippen LogP contribution < -0.4 is 5.32 Å². The van der Waals surface area contributed by atoms with Gasteiger partial charge in [-0.2, -0.15) is 0 Å². The monoisotopic (exact) mass is 376 g/mol. The molecular formula is C18H20N2O5S. The Balaban J connectivity index is 2.05. The highest BCUT2D eigenvalue weighted by molar-refractivity contribution is 7.92. The lowest BCUT2D eigenvalue weighted by Gasteiger charge is -2.16. The van der Waals surface area contributed by atoms with Gasteiger partial charge in [0.25, 0.3) is 5.69 Å². The number of amides is 1. The van der Waals surface area contributed by atoms with Gasteiger partial charge in [0.1, 0.15) is 5.25 Å². The van der Waals surface area contributed by atoms with E-state index in [4.69, 9.17) is 0 Å². The topological polar surface area (TPSA) is 106 Å². The molecule has 8 heteroatoms. The van der Waals surface area contributed by atoms with E-state index >= 15 is 0 Å². The summed E-state index contributed by atoms with van der Waals surface area (Å²) >= 11 is 0. The lowest BCUT2D eigenvalue weighted by atomic mass is 10.0. The zero-order chi connectivity index (χ0) is 19.3. The molecule has 0 heterocycles. The molecule has 0 saturated carbocycles. The van der Waals surface area contributed by atoms with Crippen LogP contribution in [0.2, 0.25) is 0 Å². The number of nitrogens with zero attached hydrogens (tertiary/aromatic N) is 1. The Morgan fingerprint density at radius 2 is 1.65 bits per heavy atom. The number of carbonyl (C=O) groups excluding carboxylic acids is 1. The third-order valence-corrected chi connectivity index (χ3v) is 6.24. The second kappa shape index (κ2) is 8.09. The standard InChI is InChI=1S/C18H20N2O5S/c1-13(15-6-4-3-5-7-15)12-19-18(21)14(2)26(24,25)17-10-8-16(9-11-17)20(22)23/h3-11,13-14H,12H2,1-2H3,(H,19,21)/t13-,14+/m0/s1. The molecule has 0 aliphatic rings. The molecule has 7 nitrogen and oxygen atoms in total. The van der Waals surface area contributed by atoms with Gasteiger partial charge in [0.15, 0.2) is 9.84 Å². The number of carbonyl (C=O) groups is 1. The number of nitro groups is 1. The van der Waals surface area contributed by atoms with Gasteiger partial charge in [-0.05, 0) is 30.5 Å². The average molecular weight is 376 g/mol. The highest BCUT2D eigenvalue weighted by Gasteiger charge is 2.30. The van der Waals surface area contributed by atoms with Crippen molar-refractivity contribution in [3.63, 3.8) is 0 Å². The summed E-state index contributed by atoms with van der Waals surface area (Å²) in [7, 11) is -3.93. The van der Waals surface area contributed by atoms with E-state index in [0.717, 1.165) is 29.8 Å². The Labute approximate surface area is 152 Å². The fraction of sp³-hybridized carbons (Fsp3) is 0.278. The average Bonchev–Trinajstić information content (AvgIpc) is 2.65. The van der Waals surface area contributed by atoms with Crippen LogP contribution in [0.15, 0.2) is 59.5 Å². The molecule has 2 rings (SSSR count). The molecule has 1 N–H and O–H groups in total. The van der Waals surface area contributed by atoms with Gasteiger partial charge >= 0.3 is 0 Å². The van der Waals surface area contributed by atoms with Crippen LogP contribution in [-0.4, -0.2) is 31.0 Å². The van der Waals surface area contributed by atoms with E-state index in [1.54, 1.807) is 0 Å². The number of hydrogen-bond donors (Lipinski definition) is 1. The molecule has 0 saturated heterocycles. The Morgan fingerprint density at radius 1 is 1.08 bits per heavy atom. The number of nitro benzene ring substituents is 1. The van der Waals surface area contributed by atoms with Crippen molar-refractivity contribution in [2.75, 3.05) is 6.54 Å². The number of non-ortho nitro benzene ring substituents is 1. The highest BCUT2D eigenvalue weighted by atomic mass is 32.2. The predicted molar refractivity (Wildman–Crippen MR) is 97.6 cm³/mol. The number of sulfone groups is 1. The fourth-order valence-electron chi connectivity index (χ4n) is 2.40. The summed E-state index contributed by atoms with van der Waals surface area (Å²) in [6.07, 6.45) is 0. The SMILES string of the molecule is C[C@H](C(=O)NC[C@H](C)c1ccccc1)S(=O)(=O)c1ccc([N+](=O)[O-])cc1. The normalized spacial score (nSPS) is 13.6. The quantitative estimate of drug-likeness (QED) is 0.591. The molecule has 0 spiro atoms. The summed E-state index contributed by atoms with van der Waals surface area (Å²) in [5, 5.41) is 12.0. The Kier molecular flexibility index (Phi) is 6.10. The van der Waals surface area contributed by atoms with Crippen molar-refractivity contribution >= 4 is 21.4 Å². The van der Waals surface area contributed by atoms with E-state index < -0.39 is 25.9 Å². The van der Waals surface area contributed by atoms with E-state index in [0.29, 0.717) is 6.54 Å². The minimum absolute atomic E-state index is 0.0365. The molecule has 26 heavy (non-hydrogen) atoms. The van der Waals surface area contributed by atoms with E-state index in [2.05, 4.69) is 5.32 Å². The minimum atomic E-state index is -3.93. The van der Waals surface area contributed by atoms with Crippen LogP contribution in [0.5, 0.6) is 0 Å². The summed E-state index contributed by atoms with van der Waals surface area (Å²) in [4.78, 5) is 22.2. The van der Waals surface area contributed by atoms with E-state index in [1.165, 1.54) is 6.92 Å². The lowest BCUT2D eigenvalue weighted by molar-refractivity contribution is -0.384. The smallest absolute Gasteiger partial charge is 0.269 e. The summed E-state index contributed by atoms with van der Waals surface area (Å²) in [5.74, 6) is -0.569. The van der Waals surface area contributed by atoms with Crippen molar-refractivity contribution in [1.82, 2.24) is 5.32 Å². The van der Waals surface area contributed by atoms with Crippen LogP contribution in [-0.2, 0) is 14.6 Å². The van der Waals surface area contributed by atoms with Gasteiger partial charge in [-0.3, -0.25) is 14.9 Å². The number of rotatable bonds is 7. The van der Waals surface area contributed by atoms with Gasteiger partial charge < -0.3 is 5.32 Å². The lowest BCUT2D eigenvalue weighted by Crippen LogP contribution is -2.39. The Hall–Kier alpha value is -2.74. The maximum atomic E-state index is 12.5. The van der Waals surface area contributed by atoms with E-state index in [-0.39, 0.29) is 16.5 Å². The van der Waals surface area contributed by atoms with Crippen molar-refractivity contribution in [1.29, 1.82) is 0 Å². The maximum Gasteiger partial charge on any atom is 0.269 e. The molecular weight excluding hydrogens is 356 g/mol. The molecule has 0 aliphatic heterocycles. The van der Waals surface area contributed by atoms with Gasteiger partial charge in [0.05, 0.1) is 9.82 Å². The Bertz CT molecular complexity index is 880. The summed E-state index contributed by atoms with van der Waals surface area (Å²) in [6.45, 7) is 3.55. The number of nitrogens with one attached hydrogen (secondary N) is 1. The van der Waals surface area contributed by atoms with Crippen molar-refractivity contribution in [3.05, 3.63) is 70.3 Å². The first kappa shape index (κ1) is 19.6. The summed E-state index contributed by atoms with van der Waals surface area (Å²) in [5.41, 5.74) is 0.830. The van der Waals surface area contributed by atoms with Crippen LogP contribution in [0.1, 0.15) is 25.3 Å². The first-order valence-corrected chi connectivity index (χ1v) is 9.59. The molecule has 0 aromatic heterocycles. The van der Waals surface area contributed by atoms with Crippen LogP contribution >= 0.6 is 0 Å². The fourth-order valence-corrected chi connectivity index (χ4v) is 3.69. The molecule has 2 aromatic carbocycles.